The summed E-state index contributed by atoms with van der Waals surface area (Å²) in [6.07, 6.45) is 5.93. The summed E-state index contributed by atoms with van der Waals surface area (Å²) in [6, 6.07) is 21.3. The zero-order valence-corrected chi connectivity index (χ0v) is 16.1. The van der Waals surface area contributed by atoms with Crippen LogP contribution in [0.2, 0.25) is 0 Å². The van der Waals surface area contributed by atoms with Gasteiger partial charge in [-0.05, 0) is 44.2 Å². The Morgan fingerprint density at radius 2 is 1.64 bits per heavy atom. The Morgan fingerprint density at radius 1 is 0.857 bits per heavy atom. The third kappa shape index (κ3) is 2.42. The van der Waals surface area contributed by atoms with E-state index in [9.17, 15) is 0 Å². The summed E-state index contributed by atoms with van der Waals surface area (Å²) in [6.45, 7) is 8.11. The number of benzene rings is 3. The number of hydrogen-bond acceptors (Lipinski definition) is 1. The van der Waals surface area contributed by atoms with Gasteiger partial charge in [0.25, 0.3) is 0 Å². The molecule has 0 fully saturated rings. The summed E-state index contributed by atoms with van der Waals surface area (Å²) >= 11 is 0. The number of aryl methyl sites for hydroxylation is 1. The van der Waals surface area contributed by atoms with Crippen LogP contribution in [0.4, 0.5) is 0 Å². The Kier molecular flexibility index (Phi) is 3.73. The van der Waals surface area contributed by atoms with Gasteiger partial charge >= 0.3 is 0 Å². The maximum Gasteiger partial charge on any atom is 0.136 e. The molecule has 136 valence electrons. The lowest BCUT2D eigenvalue weighted by atomic mass is 10.1. The molecule has 0 N–H and O–H groups in total. The highest BCUT2D eigenvalue weighted by Crippen LogP contribution is 2.37. The fraction of sp³-hybridized carbons (Fsp3) is 0.0769. The van der Waals surface area contributed by atoms with Gasteiger partial charge in [0, 0.05) is 33.1 Å². The normalized spacial score (nSPS) is 11.9. The van der Waals surface area contributed by atoms with Crippen LogP contribution in [-0.2, 0) is 0 Å². The Morgan fingerprint density at radius 3 is 2.43 bits per heavy atom. The van der Waals surface area contributed by atoms with E-state index in [2.05, 4.69) is 79.6 Å². The molecule has 0 bridgehead atoms. The van der Waals surface area contributed by atoms with Crippen LogP contribution in [0.5, 0.6) is 0 Å². The molecule has 0 saturated carbocycles. The molecule has 5 aromatic rings. The molecule has 0 aliphatic heterocycles. The molecule has 0 saturated heterocycles. The first-order valence-corrected chi connectivity index (χ1v) is 9.50. The molecule has 2 aromatic heterocycles. The molecule has 0 amide bonds. The van der Waals surface area contributed by atoms with Crippen molar-refractivity contribution in [2.75, 3.05) is 0 Å². The molecule has 3 aromatic carbocycles. The van der Waals surface area contributed by atoms with E-state index in [1.165, 1.54) is 33.4 Å². The first kappa shape index (κ1) is 16.6. The standard InChI is InChI=1S/C26H21NO/c1-4-5-8-20-18(3)27(19-13-11-17(2)12-14-19)24-15-23-21-9-6-7-10-25(21)28-26(23)16-22(20)24/h4-16H,1H2,2-3H3/b8-5-. The summed E-state index contributed by atoms with van der Waals surface area (Å²) in [5.41, 5.74) is 7.84. The van der Waals surface area contributed by atoms with Crippen molar-refractivity contribution in [1.82, 2.24) is 4.57 Å². The van der Waals surface area contributed by atoms with Crippen molar-refractivity contribution in [2.24, 2.45) is 0 Å². The summed E-state index contributed by atoms with van der Waals surface area (Å²) < 4.78 is 8.47. The second-order valence-electron chi connectivity index (χ2n) is 7.23. The first-order chi connectivity index (χ1) is 13.7. The zero-order chi connectivity index (χ0) is 19.3. The second kappa shape index (κ2) is 6.28. The molecule has 0 unspecified atom stereocenters. The van der Waals surface area contributed by atoms with Gasteiger partial charge in [-0.1, -0.05) is 60.7 Å². The smallest absolute Gasteiger partial charge is 0.136 e. The maximum atomic E-state index is 6.14. The summed E-state index contributed by atoms with van der Waals surface area (Å²) in [7, 11) is 0. The number of aromatic nitrogens is 1. The van der Waals surface area contributed by atoms with E-state index in [0.29, 0.717) is 0 Å². The monoisotopic (exact) mass is 363 g/mol. The molecular weight excluding hydrogens is 342 g/mol. The van der Waals surface area contributed by atoms with E-state index in [1.54, 1.807) is 0 Å². The molecule has 0 spiro atoms. The third-order valence-corrected chi connectivity index (χ3v) is 5.44. The number of para-hydroxylation sites is 1. The van der Waals surface area contributed by atoms with Crippen LogP contribution in [0.15, 0.2) is 83.8 Å². The highest BCUT2D eigenvalue weighted by molar-refractivity contribution is 6.11. The van der Waals surface area contributed by atoms with Crippen molar-refractivity contribution < 1.29 is 4.42 Å². The third-order valence-electron chi connectivity index (χ3n) is 5.44. The average Bonchev–Trinajstić information content (AvgIpc) is 3.19. The Hall–Kier alpha value is -3.52. The summed E-state index contributed by atoms with van der Waals surface area (Å²) in [5.74, 6) is 0. The van der Waals surface area contributed by atoms with Crippen LogP contribution in [-0.4, -0.2) is 4.57 Å². The molecule has 2 heteroatoms. The van der Waals surface area contributed by atoms with Crippen molar-refractivity contribution in [2.45, 2.75) is 13.8 Å². The quantitative estimate of drug-likeness (QED) is 0.307. The Balaban J connectivity index is 1.92. The van der Waals surface area contributed by atoms with E-state index in [4.69, 9.17) is 4.42 Å². The fourth-order valence-electron chi connectivity index (χ4n) is 4.06. The number of allylic oxidation sites excluding steroid dienone is 2. The van der Waals surface area contributed by atoms with Gasteiger partial charge in [-0.3, -0.25) is 0 Å². The van der Waals surface area contributed by atoms with Crippen LogP contribution >= 0.6 is 0 Å². The van der Waals surface area contributed by atoms with Gasteiger partial charge in [-0.2, -0.15) is 0 Å². The number of furan rings is 1. The highest BCUT2D eigenvalue weighted by atomic mass is 16.3. The predicted octanol–water partition coefficient (Wildman–Crippen LogP) is 7.35. The van der Waals surface area contributed by atoms with Crippen molar-refractivity contribution in [1.29, 1.82) is 0 Å². The lowest BCUT2D eigenvalue weighted by Crippen LogP contribution is -1.96. The van der Waals surface area contributed by atoms with Gasteiger partial charge in [-0.25, -0.2) is 0 Å². The van der Waals surface area contributed by atoms with Gasteiger partial charge in [0.15, 0.2) is 0 Å². The van der Waals surface area contributed by atoms with Crippen molar-refractivity contribution in [3.05, 3.63) is 96.2 Å². The van der Waals surface area contributed by atoms with E-state index in [1.807, 2.05) is 24.3 Å². The Bertz CT molecular complexity index is 1380. The molecule has 28 heavy (non-hydrogen) atoms. The van der Waals surface area contributed by atoms with Crippen LogP contribution < -0.4 is 0 Å². The molecule has 2 nitrogen and oxygen atoms in total. The lowest BCUT2D eigenvalue weighted by Gasteiger charge is -2.09. The molecule has 0 aliphatic carbocycles. The largest absolute Gasteiger partial charge is 0.456 e. The molecular formula is C26H21NO. The van der Waals surface area contributed by atoms with Gasteiger partial charge in [-0.15, -0.1) is 0 Å². The Labute approximate surface area is 164 Å². The van der Waals surface area contributed by atoms with Gasteiger partial charge in [0.1, 0.15) is 11.2 Å². The minimum Gasteiger partial charge on any atom is -0.456 e. The van der Waals surface area contributed by atoms with Crippen molar-refractivity contribution >= 4 is 38.9 Å². The SMILES string of the molecule is C=C/C=C\c1c(C)n(-c2ccc(C)cc2)c2cc3c(cc12)oc1ccccc13. The molecule has 0 atom stereocenters. The van der Waals surface area contributed by atoms with Gasteiger partial charge in [0.2, 0.25) is 0 Å². The van der Waals surface area contributed by atoms with Gasteiger partial charge < -0.3 is 8.98 Å². The first-order valence-electron chi connectivity index (χ1n) is 9.50. The zero-order valence-electron chi connectivity index (χ0n) is 16.1. The molecule has 0 aliphatic rings. The minimum atomic E-state index is 0.919. The van der Waals surface area contributed by atoms with Crippen LogP contribution in [0.25, 0.3) is 44.6 Å². The van der Waals surface area contributed by atoms with Gasteiger partial charge in [0.05, 0.1) is 5.52 Å². The van der Waals surface area contributed by atoms with Crippen LogP contribution in [0.3, 0.4) is 0 Å². The second-order valence-corrected chi connectivity index (χ2v) is 7.23. The highest BCUT2D eigenvalue weighted by Gasteiger charge is 2.17. The number of rotatable bonds is 3. The van der Waals surface area contributed by atoms with E-state index >= 15 is 0 Å². The molecule has 5 rings (SSSR count). The topological polar surface area (TPSA) is 18.1 Å². The van der Waals surface area contributed by atoms with E-state index < -0.39 is 0 Å². The molecule has 2 heterocycles. The maximum absolute atomic E-state index is 6.14. The summed E-state index contributed by atoms with van der Waals surface area (Å²) in [5, 5.41) is 3.48. The predicted molar refractivity (Wildman–Crippen MR) is 119 cm³/mol. The number of nitrogens with zero attached hydrogens (tertiary/aromatic N) is 1. The molecule has 0 radical (unpaired) electrons. The van der Waals surface area contributed by atoms with Crippen molar-refractivity contribution in [3.63, 3.8) is 0 Å². The van der Waals surface area contributed by atoms with Crippen LogP contribution in [0.1, 0.15) is 16.8 Å². The minimum absolute atomic E-state index is 0.919. The van der Waals surface area contributed by atoms with E-state index in [-0.39, 0.29) is 0 Å². The lowest BCUT2D eigenvalue weighted by molar-refractivity contribution is 0.669. The fourth-order valence-corrected chi connectivity index (χ4v) is 4.06. The van der Waals surface area contributed by atoms with Crippen molar-refractivity contribution in [3.8, 4) is 5.69 Å². The van der Waals surface area contributed by atoms with Crippen LogP contribution in [0, 0.1) is 13.8 Å². The van der Waals surface area contributed by atoms with E-state index in [0.717, 1.165) is 21.9 Å². The number of fused-ring (bicyclic) bond motifs is 4. The number of hydrogen-bond donors (Lipinski definition) is 0. The average molecular weight is 363 g/mol. The summed E-state index contributed by atoms with van der Waals surface area (Å²) in [4.78, 5) is 0.